The Morgan fingerprint density at radius 1 is 1.58 bits per heavy atom. The summed E-state index contributed by atoms with van der Waals surface area (Å²) in [7, 11) is 0. The third-order valence-corrected chi connectivity index (χ3v) is 3.82. The molecular weight excluding hydrogens is 266 g/mol. The zero-order chi connectivity index (χ0) is 13.8. The Morgan fingerprint density at radius 3 is 3.05 bits per heavy atom. The summed E-state index contributed by atoms with van der Waals surface area (Å²) in [5, 5.41) is 9.87. The number of amides is 1. The van der Waals surface area contributed by atoms with Gasteiger partial charge in [-0.2, -0.15) is 0 Å². The monoisotopic (exact) mass is 283 g/mol. The average molecular weight is 284 g/mol. The number of aliphatic hydroxyl groups excluding tert-OH is 1. The van der Waals surface area contributed by atoms with E-state index >= 15 is 0 Å². The van der Waals surface area contributed by atoms with E-state index in [1.165, 1.54) is 0 Å². The zero-order valence-electron chi connectivity index (χ0n) is 10.9. The topological polar surface area (TPSA) is 49.8 Å². The summed E-state index contributed by atoms with van der Waals surface area (Å²) >= 11 is 5.93. The molecule has 1 N–H and O–H groups in total. The summed E-state index contributed by atoms with van der Waals surface area (Å²) in [6.07, 6.45) is 1.80. The summed E-state index contributed by atoms with van der Waals surface area (Å²) < 4.78 is 5.48. The number of rotatable bonds is 4. The number of aryl methyl sites for hydroxylation is 1. The summed E-state index contributed by atoms with van der Waals surface area (Å²) in [6, 6.07) is 5.26. The first-order chi connectivity index (χ1) is 9.11. The maximum Gasteiger partial charge on any atom is 0.260 e. The fourth-order valence-corrected chi connectivity index (χ4v) is 2.41. The van der Waals surface area contributed by atoms with Gasteiger partial charge in [-0.3, -0.25) is 4.79 Å². The molecule has 1 aromatic carbocycles. The molecule has 1 aromatic rings. The van der Waals surface area contributed by atoms with Crippen molar-refractivity contribution in [1.82, 2.24) is 4.90 Å². The lowest BCUT2D eigenvalue weighted by Gasteiger charge is -2.23. The number of carbonyl (C=O) groups is 1. The summed E-state index contributed by atoms with van der Waals surface area (Å²) in [6.45, 7) is 2.61. The highest BCUT2D eigenvalue weighted by Crippen LogP contribution is 2.21. The third-order valence-electron chi connectivity index (χ3n) is 3.40. The van der Waals surface area contributed by atoms with Gasteiger partial charge in [-0.25, -0.2) is 0 Å². The van der Waals surface area contributed by atoms with Crippen molar-refractivity contribution in [1.29, 1.82) is 0 Å². The number of hydrogen-bond acceptors (Lipinski definition) is 3. The van der Waals surface area contributed by atoms with E-state index in [1.807, 2.05) is 13.0 Å². The summed E-state index contributed by atoms with van der Waals surface area (Å²) in [5.41, 5.74) is 0.918. The molecule has 2 rings (SSSR count). The number of likely N-dealkylation sites (tertiary alicyclic amines) is 1. The maximum absolute atomic E-state index is 12.0. The van der Waals surface area contributed by atoms with Crippen molar-refractivity contribution >= 4 is 17.5 Å². The molecule has 0 bridgehead atoms. The number of benzene rings is 1. The fourth-order valence-electron chi connectivity index (χ4n) is 2.29. The predicted octanol–water partition coefficient (Wildman–Crippen LogP) is 2.01. The van der Waals surface area contributed by atoms with Crippen molar-refractivity contribution in [3.05, 3.63) is 28.8 Å². The molecule has 19 heavy (non-hydrogen) atoms. The van der Waals surface area contributed by atoms with E-state index < -0.39 is 0 Å². The van der Waals surface area contributed by atoms with Crippen molar-refractivity contribution in [3.63, 3.8) is 0 Å². The molecule has 1 fully saturated rings. The van der Waals surface area contributed by atoms with Gasteiger partial charge in [0.1, 0.15) is 5.75 Å². The molecule has 104 valence electrons. The molecule has 0 aliphatic carbocycles. The van der Waals surface area contributed by atoms with Crippen molar-refractivity contribution in [2.45, 2.75) is 25.8 Å². The van der Waals surface area contributed by atoms with E-state index in [4.69, 9.17) is 16.3 Å². The molecule has 5 heteroatoms. The van der Waals surface area contributed by atoms with Crippen LogP contribution in [-0.2, 0) is 4.79 Å². The lowest BCUT2D eigenvalue weighted by Crippen LogP contribution is -2.40. The first kappa shape index (κ1) is 14.2. The minimum Gasteiger partial charge on any atom is -0.484 e. The zero-order valence-corrected chi connectivity index (χ0v) is 11.7. The molecule has 0 aromatic heterocycles. The molecule has 0 saturated carbocycles. The van der Waals surface area contributed by atoms with E-state index in [9.17, 15) is 9.90 Å². The first-order valence-electron chi connectivity index (χ1n) is 6.41. The number of halogens is 1. The Morgan fingerprint density at radius 2 is 2.37 bits per heavy atom. The van der Waals surface area contributed by atoms with Gasteiger partial charge >= 0.3 is 0 Å². The van der Waals surface area contributed by atoms with Crippen LogP contribution in [0.25, 0.3) is 0 Å². The number of aliphatic hydroxyl groups is 1. The van der Waals surface area contributed by atoms with Crippen molar-refractivity contribution in [2.75, 3.05) is 19.8 Å². The Hall–Kier alpha value is -1.26. The second kappa shape index (κ2) is 6.26. The van der Waals surface area contributed by atoms with Crippen molar-refractivity contribution in [3.8, 4) is 5.75 Å². The molecule has 1 atom stereocenters. The Balaban J connectivity index is 1.91. The van der Waals surface area contributed by atoms with Crippen LogP contribution in [0.2, 0.25) is 5.02 Å². The molecule has 1 amide bonds. The summed E-state index contributed by atoms with van der Waals surface area (Å²) in [5.74, 6) is 0.555. The second-order valence-corrected chi connectivity index (χ2v) is 5.17. The van der Waals surface area contributed by atoms with E-state index in [-0.39, 0.29) is 25.2 Å². The van der Waals surface area contributed by atoms with Gasteiger partial charge in [-0.1, -0.05) is 11.6 Å². The van der Waals surface area contributed by atoms with Crippen molar-refractivity contribution < 1.29 is 14.6 Å². The van der Waals surface area contributed by atoms with E-state index in [0.717, 1.165) is 18.4 Å². The van der Waals surface area contributed by atoms with Gasteiger partial charge < -0.3 is 14.7 Å². The quantitative estimate of drug-likeness (QED) is 0.920. The fraction of sp³-hybridized carbons (Fsp3) is 0.500. The van der Waals surface area contributed by atoms with Crippen LogP contribution < -0.4 is 4.74 Å². The number of ether oxygens (including phenoxy) is 1. The van der Waals surface area contributed by atoms with Crippen LogP contribution in [0.1, 0.15) is 18.4 Å². The first-order valence-corrected chi connectivity index (χ1v) is 6.79. The maximum atomic E-state index is 12.0. The van der Waals surface area contributed by atoms with Gasteiger partial charge in [0, 0.05) is 11.6 Å². The molecule has 0 radical (unpaired) electrons. The molecule has 1 aliphatic rings. The van der Waals surface area contributed by atoms with Crippen LogP contribution in [0.4, 0.5) is 0 Å². The van der Waals surface area contributed by atoms with Crippen LogP contribution in [0.5, 0.6) is 5.75 Å². The van der Waals surface area contributed by atoms with Gasteiger partial charge in [-0.05, 0) is 43.5 Å². The van der Waals surface area contributed by atoms with Gasteiger partial charge in [-0.15, -0.1) is 0 Å². The normalized spacial score (nSPS) is 18.7. The van der Waals surface area contributed by atoms with Gasteiger partial charge in [0.2, 0.25) is 0 Å². The smallest absolute Gasteiger partial charge is 0.260 e. The number of hydrogen-bond donors (Lipinski definition) is 1. The SMILES string of the molecule is Cc1cc(OCC(=O)N2CCC[C@@H]2CO)ccc1Cl. The minimum absolute atomic E-state index is 0.00241. The molecule has 1 heterocycles. The van der Waals surface area contributed by atoms with Crippen molar-refractivity contribution in [2.24, 2.45) is 0 Å². The van der Waals surface area contributed by atoms with Crippen LogP contribution in [0, 0.1) is 6.92 Å². The molecule has 0 unspecified atom stereocenters. The van der Waals surface area contributed by atoms with Crippen LogP contribution >= 0.6 is 11.6 Å². The molecule has 1 saturated heterocycles. The number of carbonyl (C=O) groups excluding carboxylic acids is 1. The van der Waals surface area contributed by atoms with Gasteiger partial charge in [0.15, 0.2) is 6.61 Å². The molecule has 0 spiro atoms. The molecular formula is C14H18ClNO3. The third kappa shape index (κ3) is 3.39. The lowest BCUT2D eigenvalue weighted by atomic mass is 10.2. The average Bonchev–Trinajstić information content (AvgIpc) is 2.88. The Bertz CT molecular complexity index is 464. The second-order valence-electron chi connectivity index (χ2n) is 4.77. The van der Waals surface area contributed by atoms with Gasteiger partial charge in [0.25, 0.3) is 5.91 Å². The lowest BCUT2D eigenvalue weighted by molar-refractivity contribution is -0.134. The van der Waals surface area contributed by atoms with Gasteiger partial charge in [0.05, 0.1) is 12.6 Å². The Kier molecular flexibility index (Phi) is 4.66. The molecule has 4 nitrogen and oxygen atoms in total. The summed E-state index contributed by atoms with van der Waals surface area (Å²) in [4.78, 5) is 13.7. The van der Waals surface area contributed by atoms with Crippen LogP contribution in [-0.4, -0.2) is 41.7 Å². The van der Waals surface area contributed by atoms with E-state index in [0.29, 0.717) is 17.3 Å². The highest BCUT2D eigenvalue weighted by atomic mass is 35.5. The Labute approximate surface area is 117 Å². The highest BCUT2D eigenvalue weighted by molar-refractivity contribution is 6.31. The largest absolute Gasteiger partial charge is 0.484 e. The highest BCUT2D eigenvalue weighted by Gasteiger charge is 2.28. The van der Waals surface area contributed by atoms with Crippen LogP contribution in [0.3, 0.4) is 0 Å². The van der Waals surface area contributed by atoms with E-state index in [1.54, 1.807) is 17.0 Å². The van der Waals surface area contributed by atoms with Crippen LogP contribution in [0.15, 0.2) is 18.2 Å². The number of nitrogens with zero attached hydrogens (tertiary/aromatic N) is 1. The minimum atomic E-state index is -0.0795. The predicted molar refractivity (Wildman–Crippen MR) is 73.5 cm³/mol. The molecule has 1 aliphatic heterocycles. The van der Waals surface area contributed by atoms with E-state index in [2.05, 4.69) is 0 Å². The standard InChI is InChI=1S/C14H18ClNO3/c1-10-7-12(4-5-13(10)15)19-9-14(18)16-6-2-3-11(16)8-17/h4-5,7,11,17H,2-3,6,8-9H2,1H3/t11-/m1/s1.